The molecule has 158 valence electrons. The molecule has 9 heteroatoms. The molecule has 2 aromatic carbocycles. The summed E-state index contributed by atoms with van der Waals surface area (Å²) < 4.78 is 51.0. The number of rotatable bonds is 8. The average molecular weight is 439 g/mol. The third-order valence-electron chi connectivity index (χ3n) is 4.39. The Kier molecular flexibility index (Phi) is 7.07. The molecule has 0 heterocycles. The van der Waals surface area contributed by atoms with Crippen LogP contribution in [0.2, 0.25) is 0 Å². The van der Waals surface area contributed by atoms with Gasteiger partial charge in [0.2, 0.25) is 10.0 Å². The fourth-order valence-electron chi connectivity index (χ4n) is 2.63. The zero-order valence-electron chi connectivity index (χ0n) is 16.9. The van der Waals surface area contributed by atoms with Gasteiger partial charge in [0.1, 0.15) is 0 Å². The van der Waals surface area contributed by atoms with Gasteiger partial charge in [-0.25, -0.2) is 16.8 Å². The standard InChI is InChI=1S/C20H26N2O5S2/c1-5-13-28(24,25)22-19-8-6-7-18(15(19)4)21-20(23)16-9-11-17(12-10-16)29(26,27)14(2)3/h6-12,14,22H,5,13H2,1-4H3,(H,21,23). The maximum absolute atomic E-state index is 12.6. The van der Waals surface area contributed by atoms with Crippen molar-refractivity contribution in [2.75, 3.05) is 15.8 Å². The van der Waals surface area contributed by atoms with Gasteiger partial charge in [-0.1, -0.05) is 13.0 Å². The molecule has 29 heavy (non-hydrogen) atoms. The molecule has 0 aliphatic carbocycles. The number of sulfonamides is 1. The fraction of sp³-hybridized carbons (Fsp3) is 0.350. The lowest BCUT2D eigenvalue weighted by molar-refractivity contribution is 0.102. The molecule has 0 atom stereocenters. The van der Waals surface area contributed by atoms with E-state index in [2.05, 4.69) is 10.0 Å². The molecule has 2 N–H and O–H groups in total. The van der Waals surface area contributed by atoms with Crippen LogP contribution >= 0.6 is 0 Å². The molecule has 0 fully saturated rings. The molecular weight excluding hydrogens is 412 g/mol. The van der Waals surface area contributed by atoms with Crippen molar-refractivity contribution in [1.82, 2.24) is 0 Å². The van der Waals surface area contributed by atoms with E-state index in [-0.39, 0.29) is 10.6 Å². The lowest BCUT2D eigenvalue weighted by atomic mass is 10.1. The van der Waals surface area contributed by atoms with E-state index in [4.69, 9.17) is 0 Å². The van der Waals surface area contributed by atoms with Crippen molar-refractivity contribution in [2.45, 2.75) is 44.3 Å². The summed E-state index contributed by atoms with van der Waals surface area (Å²) >= 11 is 0. The van der Waals surface area contributed by atoms with Crippen molar-refractivity contribution in [3.05, 3.63) is 53.6 Å². The van der Waals surface area contributed by atoms with E-state index in [1.807, 2.05) is 0 Å². The van der Waals surface area contributed by atoms with E-state index in [9.17, 15) is 21.6 Å². The van der Waals surface area contributed by atoms with E-state index in [0.29, 0.717) is 28.9 Å². The van der Waals surface area contributed by atoms with Crippen molar-refractivity contribution in [3.8, 4) is 0 Å². The van der Waals surface area contributed by atoms with Crippen LogP contribution in [0.4, 0.5) is 11.4 Å². The van der Waals surface area contributed by atoms with E-state index < -0.39 is 31.0 Å². The van der Waals surface area contributed by atoms with Crippen LogP contribution in [0.5, 0.6) is 0 Å². The zero-order chi connectivity index (χ0) is 21.8. The lowest BCUT2D eigenvalue weighted by Crippen LogP contribution is -2.18. The van der Waals surface area contributed by atoms with Gasteiger partial charge < -0.3 is 5.32 Å². The Bertz CT molecular complexity index is 1090. The van der Waals surface area contributed by atoms with Crippen molar-refractivity contribution >= 4 is 37.1 Å². The smallest absolute Gasteiger partial charge is 0.255 e. The Labute approximate surface area is 172 Å². The van der Waals surface area contributed by atoms with Crippen LogP contribution in [-0.2, 0) is 19.9 Å². The molecule has 7 nitrogen and oxygen atoms in total. The normalized spacial score (nSPS) is 12.0. The number of carbonyl (C=O) groups is 1. The quantitative estimate of drug-likeness (QED) is 0.655. The Morgan fingerprint density at radius 1 is 0.966 bits per heavy atom. The monoisotopic (exact) mass is 438 g/mol. The topological polar surface area (TPSA) is 109 Å². The number of hydrogen-bond donors (Lipinski definition) is 2. The van der Waals surface area contributed by atoms with Crippen LogP contribution in [0.15, 0.2) is 47.4 Å². The number of hydrogen-bond acceptors (Lipinski definition) is 5. The number of anilines is 2. The summed E-state index contributed by atoms with van der Waals surface area (Å²) in [7, 11) is -6.86. The Morgan fingerprint density at radius 2 is 1.55 bits per heavy atom. The van der Waals surface area contributed by atoms with Gasteiger partial charge in [0.05, 0.1) is 21.6 Å². The Hall–Kier alpha value is -2.39. The van der Waals surface area contributed by atoms with Gasteiger partial charge in [-0.15, -0.1) is 0 Å². The maximum atomic E-state index is 12.6. The highest BCUT2D eigenvalue weighted by Gasteiger charge is 2.20. The molecule has 2 aromatic rings. The van der Waals surface area contributed by atoms with Crippen molar-refractivity contribution in [3.63, 3.8) is 0 Å². The first-order valence-electron chi connectivity index (χ1n) is 9.23. The zero-order valence-corrected chi connectivity index (χ0v) is 18.5. The van der Waals surface area contributed by atoms with Gasteiger partial charge in [0, 0.05) is 11.3 Å². The first-order valence-corrected chi connectivity index (χ1v) is 12.4. The van der Waals surface area contributed by atoms with Crippen LogP contribution < -0.4 is 10.0 Å². The summed E-state index contributed by atoms with van der Waals surface area (Å²) in [4.78, 5) is 12.7. The van der Waals surface area contributed by atoms with Crippen molar-refractivity contribution in [1.29, 1.82) is 0 Å². The summed E-state index contributed by atoms with van der Waals surface area (Å²) in [5, 5.41) is 2.19. The summed E-state index contributed by atoms with van der Waals surface area (Å²) in [5.41, 5.74) is 1.74. The fourth-order valence-corrected chi connectivity index (χ4v) is 4.89. The summed E-state index contributed by atoms with van der Waals surface area (Å²) in [5.74, 6) is -0.413. The molecule has 0 aromatic heterocycles. The summed E-state index contributed by atoms with van der Waals surface area (Å²) in [6.45, 7) is 6.68. The first-order chi connectivity index (χ1) is 13.5. The second kappa shape index (κ2) is 8.96. The highest BCUT2D eigenvalue weighted by atomic mass is 32.2. The second-order valence-corrected chi connectivity index (χ2v) is 11.3. The van der Waals surface area contributed by atoms with Crippen LogP contribution in [0.1, 0.15) is 43.1 Å². The molecular formula is C20H26N2O5S2. The van der Waals surface area contributed by atoms with Gasteiger partial charge in [0.25, 0.3) is 5.91 Å². The van der Waals surface area contributed by atoms with E-state index in [1.165, 1.54) is 24.3 Å². The molecule has 0 aliphatic rings. The van der Waals surface area contributed by atoms with E-state index in [1.54, 1.807) is 45.9 Å². The number of benzene rings is 2. The average Bonchev–Trinajstić information content (AvgIpc) is 2.64. The summed E-state index contributed by atoms with van der Waals surface area (Å²) in [6.07, 6.45) is 0.493. The Morgan fingerprint density at radius 3 is 2.10 bits per heavy atom. The highest BCUT2D eigenvalue weighted by Crippen LogP contribution is 2.25. The molecule has 0 aliphatic heterocycles. The maximum Gasteiger partial charge on any atom is 0.255 e. The van der Waals surface area contributed by atoms with Crippen molar-refractivity contribution in [2.24, 2.45) is 0 Å². The Balaban J connectivity index is 2.22. The molecule has 0 spiro atoms. The molecule has 0 unspecified atom stereocenters. The molecule has 2 rings (SSSR count). The first kappa shape index (κ1) is 22.9. The molecule has 0 saturated carbocycles. The van der Waals surface area contributed by atoms with E-state index >= 15 is 0 Å². The number of carbonyl (C=O) groups excluding carboxylic acids is 1. The van der Waals surface area contributed by atoms with E-state index in [0.717, 1.165) is 0 Å². The third-order valence-corrected chi connectivity index (χ3v) is 8.03. The van der Waals surface area contributed by atoms with Crippen LogP contribution in [-0.4, -0.2) is 33.7 Å². The molecule has 0 radical (unpaired) electrons. The van der Waals surface area contributed by atoms with Crippen LogP contribution in [0, 0.1) is 6.92 Å². The highest BCUT2D eigenvalue weighted by molar-refractivity contribution is 7.92. The van der Waals surface area contributed by atoms with Gasteiger partial charge in [-0.05, 0) is 69.2 Å². The third kappa shape index (κ3) is 5.57. The van der Waals surface area contributed by atoms with Gasteiger partial charge in [-0.2, -0.15) is 0 Å². The van der Waals surface area contributed by atoms with Crippen LogP contribution in [0.3, 0.4) is 0 Å². The minimum atomic E-state index is -3.45. The predicted molar refractivity (Wildman–Crippen MR) is 116 cm³/mol. The molecule has 1 amide bonds. The number of nitrogens with one attached hydrogen (secondary N) is 2. The predicted octanol–water partition coefficient (Wildman–Crippen LogP) is 3.58. The minimum absolute atomic E-state index is 0.00859. The summed E-state index contributed by atoms with van der Waals surface area (Å²) in [6, 6.07) is 10.7. The van der Waals surface area contributed by atoms with Gasteiger partial charge >= 0.3 is 0 Å². The second-order valence-electron chi connectivity index (χ2n) is 6.97. The molecule has 0 saturated heterocycles. The largest absolute Gasteiger partial charge is 0.322 e. The molecule has 0 bridgehead atoms. The minimum Gasteiger partial charge on any atom is -0.322 e. The van der Waals surface area contributed by atoms with Gasteiger partial charge in [-0.3, -0.25) is 9.52 Å². The lowest BCUT2D eigenvalue weighted by Gasteiger charge is -2.14. The SMILES string of the molecule is CCCS(=O)(=O)Nc1cccc(NC(=O)c2ccc(S(=O)(=O)C(C)C)cc2)c1C. The van der Waals surface area contributed by atoms with Crippen LogP contribution in [0.25, 0.3) is 0 Å². The number of sulfone groups is 1. The number of amides is 1. The van der Waals surface area contributed by atoms with Crippen molar-refractivity contribution < 1.29 is 21.6 Å². The van der Waals surface area contributed by atoms with Gasteiger partial charge in [0.15, 0.2) is 9.84 Å².